The van der Waals surface area contributed by atoms with E-state index in [0.717, 1.165) is 0 Å². The highest BCUT2D eigenvalue weighted by Crippen LogP contribution is 1.96. The fourth-order valence-electron chi connectivity index (χ4n) is 2.74. The van der Waals surface area contributed by atoms with Crippen LogP contribution >= 0.6 is 0 Å². The van der Waals surface area contributed by atoms with E-state index >= 15 is 0 Å². The van der Waals surface area contributed by atoms with Crippen LogP contribution in [0.25, 0.3) is 0 Å². The fraction of sp³-hybridized carbons (Fsp3) is 0.900. The molecule has 10 nitrogen and oxygen atoms in total. The molecule has 10 heteroatoms. The van der Waals surface area contributed by atoms with Gasteiger partial charge in [0.2, 0.25) is 0 Å². The van der Waals surface area contributed by atoms with E-state index < -0.39 is 0 Å². The van der Waals surface area contributed by atoms with E-state index in [9.17, 15) is 9.59 Å². The van der Waals surface area contributed by atoms with Gasteiger partial charge in [0.1, 0.15) is 0 Å². The number of carbonyl (C=O) groups is 2. The molecule has 1 rings (SSSR count). The van der Waals surface area contributed by atoms with Gasteiger partial charge in [0.25, 0.3) is 0 Å². The summed E-state index contributed by atoms with van der Waals surface area (Å²) in [6.07, 6.45) is 0. The Morgan fingerprint density at radius 1 is 0.600 bits per heavy atom. The van der Waals surface area contributed by atoms with Crippen molar-refractivity contribution in [3.63, 3.8) is 0 Å². The molecule has 0 aromatic heterocycles. The Bertz CT molecular complexity index is 393. The molecular weight excluding hydrogens is 396 g/mol. The minimum Gasteiger partial charge on any atom is -0.465 e. The zero-order valence-electron chi connectivity index (χ0n) is 18.5. The second kappa shape index (κ2) is 18.5. The first-order valence-corrected chi connectivity index (χ1v) is 10.7. The molecule has 0 bridgehead atoms. The number of rotatable bonds is 6. The van der Waals surface area contributed by atoms with E-state index in [2.05, 4.69) is 0 Å². The van der Waals surface area contributed by atoms with Crippen LogP contribution in [0.5, 0.6) is 0 Å². The number of ether oxygens (including phenoxy) is 6. The zero-order chi connectivity index (χ0) is 21.9. The van der Waals surface area contributed by atoms with Crippen LogP contribution in [0.15, 0.2) is 0 Å². The fourth-order valence-corrected chi connectivity index (χ4v) is 2.74. The SMILES string of the molecule is CCOC(=O)CN1CCOCCOCCN(CC(=O)OCC)CCOCCOCC1. The van der Waals surface area contributed by atoms with Crippen LogP contribution in [0.2, 0.25) is 0 Å². The first-order chi connectivity index (χ1) is 14.7. The standard InChI is InChI=1S/C20H38N2O8/c1-3-29-19(23)17-21-5-9-25-13-15-27-11-7-22(18-20(24)30-4-2)8-12-28-16-14-26-10-6-21/h3-18H2,1-2H3. The van der Waals surface area contributed by atoms with Gasteiger partial charge in [0, 0.05) is 26.2 Å². The Kier molecular flexibility index (Phi) is 16.5. The van der Waals surface area contributed by atoms with Crippen LogP contribution in [0.4, 0.5) is 0 Å². The van der Waals surface area contributed by atoms with Gasteiger partial charge < -0.3 is 28.4 Å². The van der Waals surface area contributed by atoms with E-state index in [1.54, 1.807) is 13.8 Å². The predicted molar refractivity (Wildman–Crippen MR) is 109 cm³/mol. The average molecular weight is 435 g/mol. The number of hydrogen-bond donors (Lipinski definition) is 0. The summed E-state index contributed by atoms with van der Waals surface area (Å²) in [5, 5.41) is 0. The third-order valence-corrected chi connectivity index (χ3v) is 4.27. The summed E-state index contributed by atoms with van der Waals surface area (Å²) in [6, 6.07) is 0. The molecule has 1 aliphatic heterocycles. The maximum atomic E-state index is 11.8. The van der Waals surface area contributed by atoms with Crippen molar-refractivity contribution in [2.45, 2.75) is 13.8 Å². The maximum Gasteiger partial charge on any atom is 0.320 e. The number of hydrogen-bond acceptors (Lipinski definition) is 10. The van der Waals surface area contributed by atoms with Gasteiger partial charge in [-0.1, -0.05) is 0 Å². The van der Waals surface area contributed by atoms with E-state index in [4.69, 9.17) is 28.4 Å². The topological polar surface area (TPSA) is 96.0 Å². The monoisotopic (exact) mass is 434 g/mol. The van der Waals surface area contributed by atoms with Crippen molar-refractivity contribution in [3.05, 3.63) is 0 Å². The Morgan fingerprint density at radius 2 is 0.900 bits per heavy atom. The highest BCUT2D eigenvalue weighted by Gasteiger charge is 2.13. The van der Waals surface area contributed by atoms with Crippen molar-refractivity contribution in [1.29, 1.82) is 0 Å². The van der Waals surface area contributed by atoms with Crippen molar-refractivity contribution in [3.8, 4) is 0 Å². The molecule has 0 aromatic rings. The lowest BCUT2D eigenvalue weighted by Gasteiger charge is -2.22. The van der Waals surface area contributed by atoms with E-state index in [1.165, 1.54) is 0 Å². The van der Waals surface area contributed by atoms with Gasteiger partial charge in [0.05, 0.1) is 79.2 Å². The lowest BCUT2D eigenvalue weighted by atomic mass is 10.4. The lowest BCUT2D eigenvalue weighted by Crippen LogP contribution is -2.37. The summed E-state index contributed by atoms with van der Waals surface area (Å²) >= 11 is 0. The van der Waals surface area contributed by atoms with Crippen molar-refractivity contribution in [2.75, 3.05) is 105 Å². The van der Waals surface area contributed by atoms with Gasteiger partial charge in [0.15, 0.2) is 0 Å². The van der Waals surface area contributed by atoms with Gasteiger partial charge in [-0.05, 0) is 13.8 Å². The van der Waals surface area contributed by atoms with Gasteiger partial charge in [-0.15, -0.1) is 0 Å². The second-order valence-electron chi connectivity index (χ2n) is 6.61. The minimum atomic E-state index is -0.251. The number of carbonyl (C=O) groups excluding carboxylic acids is 2. The number of esters is 2. The van der Waals surface area contributed by atoms with Crippen molar-refractivity contribution >= 4 is 11.9 Å². The van der Waals surface area contributed by atoms with E-state index in [-0.39, 0.29) is 25.0 Å². The largest absolute Gasteiger partial charge is 0.465 e. The van der Waals surface area contributed by atoms with Crippen molar-refractivity contribution < 1.29 is 38.0 Å². The molecule has 1 fully saturated rings. The van der Waals surface area contributed by atoms with Gasteiger partial charge in [-0.2, -0.15) is 0 Å². The molecule has 0 radical (unpaired) electrons. The summed E-state index contributed by atoms with van der Waals surface area (Å²) in [4.78, 5) is 27.4. The summed E-state index contributed by atoms with van der Waals surface area (Å²) < 4.78 is 32.5. The van der Waals surface area contributed by atoms with Crippen LogP contribution in [0, 0.1) is 0 Å². The van der Waals surface area contributed by atoms with E-state index in [0.29, 0.717) is 92.2 Å². The molecule has 1 heterocycles. The van der Waals surface area contributed by atoms with E-state index in [1.807, 2.05) is 9.80 Å². The molecule has 0 spiro atoms. The second-order valence-corrected chi connectivity index (χ2v) is 6.61. The molecule has 0 unspecified atom stereocenters. The van der Waals surface area contributed by atoms with Gasteiger partial charge in [-0.3, -0.25) is 19.4 Å². The number of nitrogens with zero attached hydrogens (tertiary/aromatic N) is 2. The molecule has 0 amide bonds. The molecule has 1 saturated heterocycles. The van der Waals surface area contributed by atoms with Gasteiger partial charge in [-0.25, -0.2) is 0 Å². The molecule has 0 aromatic carbocycles. The van der Waals surface area contributed by atoms with Crippen molar-refractivity contribution in [1.82, 2.24) is 9.80 Å². The summed E-state index contributed by atoms with van der Waals surface area (Å²) in [6.45, 7) is 11.0. The smallest absolute Gasteiger partial charge is 0.320 e. The molecule has 30 heavy (non-hydrogen) atoms. The first-order valence-electron chi connectivity index (χ1n) is 10.7. The quantitative estimate of drug-likeness (QED) is 0.523. The molecule has 176 valence electrons. The Balaban J connectivity index is 2.42. The normalized spacial score (nSPS) is 20.1. The van der Waals surface area contributed by atoms with Crippen LogP contribution < -0.4 is 0 Å². The lowest BCUT2D eigenvalue weighted by molar-refractivity contribution is -0.146. The van der Waals surface area contributed by atoms with Crippen molar-refractivity contribution in [2.24, 2.45) is 0 Å². The highest BCUT2D eigenvalue weighted by atomic mass is 16.5. The molecule has 1 aliphatic rings. The molecule has 0 atom stereocenters. The van der Waals surface area contributed by atoms with Crippen LogP contribution in [-0.2, 0) is 38.0 Å². The zero-order valence-corrected chi connectivity index (χ0v) is 18.5. The van der Waals surface area contributed by atoms with Crippen LogP contribution in [-0.4, -0.2) is 127 Å². The van der Waals surface area contributed by atoms with Gasteiger partial charge >= 0.3 is 11.9 Å². The van der Waals surface area contributed by atoms with Crippen LogP contribution in [0.3, 0.4) is 0 Å². The highest BCUT2D eigenvalue weighted by molar-refractivity contribution is 5.71. The summed E-state index contributed by atoms with van der Waals surface area (Å²) in [5.74, 6) is -0.502. The Morgan fingerprint density at radius 3 is 1.17 bits per heavy atom. The average Bonchev–Trinajstić information content (AvgIpc) is 2.71. The summed E-state index contributed by atoms with van der Waals surface area (Å²) in [7, 11) is 0. The Hall–Kier alpha value is -1.30. The molecule has 0 saturated carbocycles. The first kappa shape index (κ1) is 26.7. The molecular formula is C20H38N2O8. The third kappa shape index (κ3) is 14.6. The molecule has 0 N–H and O–H groups in total. The summed E-state index contributed by atoms with van der Waals surface area (Å²) in [5.41, 5.74) is 0. The Labute approximate surface area is 179 Å². The molecule has 0 aliphatic carbocycles. The third-order valence-electron chi connectivity index (χ3n) is 4.27. The maximum absolute atomic E-state index is 11.8. The predicted octanol–water partition coefficient (Wildman–Crippen LogP) is -0.203. The van der Waals surface area contributed by atoms with Crippen LogP contribution in [0.1, 0.15) is 13.8 Å². The minimum absolute atomic E-state index is 0.212.